The number of hydrogen-bond acceptors (Lipinski definition) is 3. The molecule has 1 aromatic rings. The number of anilines is 1. The fourth-order valence-corrected chi connectivity index (χ4v) is 2.69. The van der Waals surface area contributed by atoms with Gasteiger partial charge in [-0.3, -0.25) is 4.79 Å². The Labute approximate surface area is 111 Å². The third kappa shape index (κ3) is 1.68. The molecule has 0 aromatic heterocycles. The van der Waals surface area contributed by atoms with Crippen LogP contribution in [0.4, 0.5) is 5.69 Å². The van der Waals surface area contributed by atoms with E-state index in [1.807, 2.05) is 24.3 Å². The van der Waals surface area contributed by atoms with Crippen LogP contribution < -0.4 is 5.32 Å². The van der Waals surface area contributed by atoms with E-state index in [1.165, 1.54) is 0 Å². The highest BCUT2D eigenvalue weighted by atomic mass is 16.5. The van der Waals surface area contributed by atoms with E-state index in [4.69, 9.17) is 4.74 Å². The van der Waals surface area contributed by atoms with Crippen LogP contribution in [0.5, 0.6) is 0 Å². The van der Waals surface area contributed by atoms with Crippen molar-refractivity contribution in [2.45, 2.75) is 12.0 Å². The average Bonchev–Trinajstić information content (AvgIpc) is 2.72. The summed E-state index contributed by atoms with van der Waals surface area (Å²) in [6.07, 6.45) is 6.08. The molecule has 1 heterocycles. The number of fused-ring (bicyclic) bond motifs is 1. The average molecular weight is 257 g/mol. The highest BCUT2D eigenvalue weighted by Gasteiger charge is 2.50. The Morgan fingerprint density at radius 2 is 2.21 bits per heavy atom. The van der Waals surface area contributed by atoms with Gasteiger partial charge in [-0.25, -0.2) is 0 Å². The van der Waals surface area contributed by atoms with Crippen molar-refractivity contribution < 1.29 is 14.6 Å². The van der Waals surface area contributed by atoms with Crippen molar-refractivity contribution in [2.75, 3.05) is 12.4 Å². The van der Waals surface area contributed by atoms with E-state index in [1.54, 1.807) is 25.3 Å². The molecule has 2 unspecified atom stereocenters. The highest BCUT2D eigenvalue weighted by Crippen LogP contribution is 2.43. The lowest BCUT2D eigenvalue weighted by atomic mass is 9.78. The summed E-state index contributed by atoms with van der Waals surface area (Å²) in [5.41, 5.74) is -0.170. The molecular weight excluding hydrogens is 242 g/mol. The summed E-state index contributed by atoms with van der Waals surface area (Å²) in [4.78, 5) is 12.2. The molecule has 4 heteroatoms. The number of aliphatic hydroxyl groups is 1. The molecule has 1 aliphatic carbocycles. The summed E-state index contributed by atoms with van der Waals surface area (Å²) in [6, 6.07) is 7.25. The van der Waals surface area contributed by atoms with Gasteiger partial charge in [0.15, 0.2) is 5.60 Å². The predicted molar refractivity (Wildman–Crippen MR) is 71.3 cm³/mol. The third-order valence-electron chi connectivity index (χ3n) is 3.77. The van der Waals surface area contributed by atoms with Crippen LogP contribution in [0.1, 0.15) is 12.0 Å². The maximum absolute atomic E-state index is 12.2. The Kier molecular flexibility index (Phi) is 2.68. The van der Waals surface area contributed by atoms with Gasteiger partial charge in [0.2, 0.25) is 0 Å². The zero-order valence-electron chi connectivity index (χ0n) is 10.6. The third-order valence-corrected chi connectivity index (χ3v) is 3.77. The molecule has 1 aliphatic heterocycles. The Bertz CT molecular complexity index is 591. The molecular formula is C15H15NO3. The van der Waals surface area contributed by atoms with Gasteiger partial charge < -0.3 is 15.2 Å². The first kappa shape index (κ1) is 12.0. The van der Waals surface area contributed by atoms with E-state index in [0.29, 0.717) is 17.7 Å². The number of carbonyl (C=O) groups is 1. The number of rotatable bonds is 2. The van der Waals surface area contributed by atoms with Gasteiger partial charge in [-0.2, -0.15) is 0 Å². The second-order valence-electron chi connectivity index (χ2n) is 4.78. The first-order valence-corrected chi connectivity index (χ1v) is 6.22. The summed E-state index contributed by atoms with van der Waals surface area (Å²) in [5.74, 6) is 0.110. The van der Waals surface area contributed by atoms with E-state index in [2.05, 4.69) is 5.32 Å². The Morgan fingerprint density at radius 3 is 2.89 bits per heavy atom. The van der Waals surface area contributed by atoms with Gasteiger partial charge in [-0.05, 0) is 24.6 Å². The molecule has 0 fully saturated rings. The molecule has 19 heavy (non-hydrogen) atoms. The van der Waals surface area contributed by atoms with Crippen molar-refractivity contribution in [3.05, 3.63) is 53.8 Å². The molecule has 0 spiro atoms. The second kappa shape index (κ2) is 4.24. The normalized spacial score (nSPS) is 28.6. The SMILES string of the molecule is COC1=CCC(C2(O)C(=O)Nc3ccccc32)C=C1. The van der Waals surface area contributed by atoms with Crippen molar-refractivity contribution >= 4 is 11.6 Å². The van der Waals surface area contributed by atoms with Gasteiger partial charge in [0.05, 0.1) is 7.11 Å². The van der Waals surface area contributed by atoms with E-state index in [-0.39, 0.29) is 11.8 Å². The van der Waals surface area contributed by atoms with Gasteiger partial charge in [0.1, 0.15) is 5.76 Å². The number of carbonyl (C=O) groups excluding carboxylic acids is 1. The summed E-state index contributed by atoms with van der Waals surface area (Å²) >= 11 is 0. The van der Waals surface area contributed by atoms with Gasteiger partial charge in [0, 0.05) is 17.2 Å². The molecule has 4 nitrogen and oxygen atoms in total. The number of hydrogen-bond donors (Lipinski definition) is 2. The van der Waals surface area contributed by atoms with Crippen molar-refractivity contribution in [1.29, 1.82) is 0 Å². The maximum atomic E-state index is 12.2. The van der Waals surface area contributed by atoms with Gasteiger partial charge in [-0.1, -0.05) is 24.3 Å². The van der Waals surface area contributed by atoms with Gasteiger partial charge in [0.25, 0.3) is 5.91 Å². The van der Waals surface area contributed by atoms with E-state index < -0.39 is 5.60 Å². The lowest BCUT2D eigenvalue weighted by Gasteiger charge is -2.29. The molecule has 2 atom stereocenters. The molecule has 2 N–H and O–H groups in total. The molecule has 0 bridgehead atoms. The van der Waals surface area contributed by atoms with Crippen LogP contribution in [0.25, 0.3) is 0 Å². The number of allylic oxidation sites excluding steroid dienone is 2. The minimum atomic E-state index is -1.50. The first-order chi connectivity index (χ1) is 9.16. The van der Waals surface area contributed by atoms with E-state index in [9.17, 15) is 9.90 Å². The van der Waals surface area contributed by atoms with Crippen LogP contribution >= 0.6 is 0 Å². The monoisotopic (exact) mass is 257 g/mol. The van der Waals surface area contributed by atoms with Gasteiger partial charge in [-0.15, -0.1) is 0 Å². The highest BCUT2D eigenvalue weighted by molar-refractivity contribution is 6.05. The van der Waals surface area contributed by atoms with Crippen LogP contribution in [0.3, 0.4) is 0 Å². The number of nitrogens with one attached hydrogen (secondary N) is 1. The van der Waals surface area contributed by atoms with Crippen LogP contribution in [0.2, 0.25) is 0 Å². The lowest BCUT2D eigenvalue weighted by molar-refractivity contribution is -0.137. The Hall–Kier alpha value is -2.07. The molecule has 0 radical (unpaired) electrons. The number of amides is 1. The van der Waals surface area contributed by atoms with Crippen LogP contribution in [-0.2, 0) is 15.1 Å². The zero-order chi connectivity index (χ0) is 13.5. The molecule has 1 amide bonds. The van der Waals surface area contributed by atoms with Crippen LogP contribution in [0, 0.1) is 5.92 Å². The predicted octanol–water partition coefficient (Wildman–Crippen LogP) is 1.93. The second-order valence-corrected chi connectivity index (χ2v) is 4.78. The molecule has 3 rings (SSSR count). The van der Waals surface area contributed by atoms with Crippen molar-refractivity contribution in [3.8, 4) is 0 Å². The van der Waals surface area contributed by atoms with Gasteiger partial charge >= 0.3 is 0 Å². The number of methoxy groups -OCH3 is 1. The molecule has 2 aliphatic rings. The topological polar surface area (TPSA) is 58.6 Å². The lowest BCUT2D eigenvalue weighted by Crippen LogP contribution is -2.41. The van der Waals surface area contributed by atoms with Crippen molar-refractivity contribution in [2.24, 2.45) is 5.92 Å². The fraction of sp³-hybridized carbons (Fsp3) is 0.267. The maximum Gasteiger partial charge on any atom is 0.261 e. The first-order valence-electron chi connectivity index (χ1n) is 6.22. The van der Waals surface area contributed by atoms with Crippen LogP contribution in [-0.4, -0.2) is 18.1 Å². The largest absolute Gasteiger partial charge is 0.497 e. The fourth-order valence-electron chi connectivity index (χ4n) is 2.69. The number of ether oxygens (including phenoxy) is 1. The Morgan fingerprint density at radius 1 is 1.42 bits per heavy atom. The quantitative estimate of drug-likeness (QED) is 0.851. The number of para-hydroxylation sites is 1. The smallest absolute Gasteiger partial charge is 0.261 e. The van der Waals surface area contributed by atoms with Crippen LogP contribution in [0.15, 0.2) is 48.3 Å². The minimum absolute atomic E-state index is 0.282. The molecule has 0 saturated heterocycles. The zero-order valence-corrected chi connectivity index (χ0v) is 10.6. The standard InChI is InChI=1S/C15H15NO3/c1-19-11-8-6-10(7-9-11)15(18)12-4-2-3-5-13(12)16-14(15)17/h2-6,8-10,18H,7H2,1H3,(H,16,17). The molecule has 0 saturated carbocycles. The van der Waals surface area contributed by atoms with Crippen molar-refractivity contribution in [1.82, 2.24) is 0 Å². The summed E-state index contributed by atoms with van der Waals surface area (Å²) in [6.45, 7) is 0. The van der Waals surface area contributed by atoms with Crippen molar-refractivity contribution in [3.63, 3.8) is 0 Å². The minimum Gasteiger partial charge on any atom is -0.497 e. The summed E-state index contributed by atoms with van der Waals surface area (Å²) in [7, 11) is 1.60. The molecule has 1 aromatic carbocycles. The van der Waals surface area contributed by atoms with E-state index in [0.717, 1.165) is 5.76 Å². The number of benzene rings is 1. The summed E-state index contributed by atoms with van der Waals surface area (Å²) < 4.78 is 5.12. The Balaban J connectivity index is 1.99. The van der Waals surface area contributed by atoms with E-state index >= 15 is 0 Å². The summed E-state index contributed by atoms with van der Waals surface area (Å²) in [5, 5.41) is 13.6. The molecule has 98 valence electrons.